The van der Waals surface area contributed by atoms with E-state index < -0.39 is 28.3 Å². The fourth-order valence-corrected chi connectivity index (χ4v) is 3.13. The van der Waals surface area contributed by atoms with Crippen molar-refractivity contribution in [1.29, 1.82) is 0 Å². The molecule has 0 unspecified atom stereocenters. The van der Waals surface area contributed by atoms with Gasteiger partial charge in [0.15, 0.2) is 5.75 Å². The summed E-state index contributed by atoms with van der Waals surface area (Å²) in [7, 11) is 2.55. The Kier molecular flexibility index (Phi) is 6.43. The number of nitro groups is 1. The number of nitro benzene ring substituents is 1. The minimum absolute atomic E-state index is 0.00452. The molecule has 0 bridgehead atoms. The number of rotatable bonds is 6. The number of nitrogens with one attached hydrogen (secondary N) is 2. The Labute approximate surface area is 188 Å². The van der Waals surface area contributed by atoms with Gasteiger partial charge in [-0.3, -0.25) is 15.4 Å². The van der Waals surface area contributed by atoms with E-state index in [0.717, 1.165) is 0 Å². The van der Waals surface area contributed by atoms with Gasteiger partial charge in [0, 0.05) is 10.9 Å². The summed E-state index contributed by atoms with van der Waals surface area (Å²) in [5.41, 5.74) is -0.659. The van der Waals surface area contributed by atoms with Crippen LogP contribution in [0.15, 0.2) is 36.4 Å². The van der Waals surface area contributed by atoms with E-state index in [4.69, 9.17) is 18.9 Å². The molecule has 0 saturated carbocycles. The first-order chi connectivity index (χ1) is 15.6. The fraction of sp³-hybridized carbons (Fsp3) is 0.273. The van der Waals surface area contributed by atoms with E-state index in [1.807, 2.05) is 0 Å². The van der Waals surface area contributed by atoms with Crippen LogP contribution in [0.2, 0.25) is 0 Å². The van der Waals surface area contributed by atoms with E-state index >= 15 is 0 Å². The van der Waals surface area contributed by atoms with Crippen LogP contribution in [0.25, 0.3) is 10.9 Å². The smallest absolute Gasteiger partial charge is 0.417 e. The van der Waals surface area contributed by atoms with Gasteiger partial charge < -0.3 is 23.9 Å². The Bertz CT molecular complexity index is 1230. The van der Waals surface area contributed by atoms with Crippen molar-refractivity contribution in [2.45, 2.75) is 26.4 Å². The maximum atomic E-state index is 12.7. The van der Waals surface area contributed by atoms with Crippen LogP contribution in [0.5, 0.6) is 17.2 Å². The average molecular weight is 457 g/mol. The number of anilines is 1. The first-order valence-corrected chi connectivity index (χ1v) is 9.78. The summed E-state index contributed by atoms with van der Waals surface area (Å²) in [4.78, 5) is 39.2. The summed E-state index contributed by atoms with van der Waals surface area (Å²) in [6.45, 7) is 5.14. The maximum absolute atomic E-state index is 12.7. The number of ether oxygens (including phenoxy) is 4. The molecule has 0 atom stereocenters. The third-order valence-electron chi connectivity index (χ3n) is 4.40. The number of aromatic nitrogens is 1. The summed E-state index contributed by atoms with van der Waals surface area (Å²) >= 11 is 0. The lowest BCUT2D eigenvalue weighted by molar-refractivity contribution is -0.386. The second-order valence-corrected chi connectivity index (χ2v) is 7.84. The molecule has 11 heteroatoms. The molecule has 2 N–H and O–H groups in total. The van der Waals surface area contributed by atoms with Crippen LogP contribution in [0.4, 0.5) is 16.2 Å². The minimum atomic E-state index is -1.06. The van der Waals surface area contributed by atoms with Crippen LogP contribution < -0.4 is 19.5 Å². The molecular formula is C22H23N3O8. The number of fused-ring (bicyclic) bond motifs is 1. The van der Waals surface area contributed by atoms with Gasteiger partial charge in [-0.05, 0) is 39.0 Å². The molecule has 174 valence electrons. The fourth-order valence-electron chi connectivity index (χ4n) is 3.13. The number of nitrogens with zero attached hydrogens (tertiary/aromatic N) is 1. The topological polar surface area (TPSA) is 142 Å². The number of methoxy groups -OCH3 is 2. The van der Waals surface area contributed by atoms with Gasteiger partial charge in [-0.2, -0.15) is 0 Å². The molecule has 1 amide bonds. The summed E-state index contributed by atoms with van der Waals surface area (Å²) < 4.78 is 20.8. The quantitative estimate of drug-likeness (QED) is 0.309. The minimum Gasteiger partial charge on any atom is -0.493 e. The summed E-state index contributed by atoms with van der Waals surface area (Å²) in [5, 5.41) is 14.6. The van der Waals surface area contributed by atoms with Crippen molar-refractivity contribution in [2.24, 2.45) is 0 Å². The molecule has 2 aromatic carbocycles. The van der Waals surface area contributed by atoms with Crippen LogP contribution in [0, 0.1) is 10.1 Å². The van der Waals surface area contributed by atoms with Gasteiger partial charge in [0.05, 0.1) is 24.8 Å². The predicted molar refractivity (Wildman–Crippen MR) is 119 cm³/mol. The van der Waals surface area contributed by atoms with E-state index in [9.17, 15) is 19.7 Å². The predicted octanol–water partition coefficient (Wildman–Crippen LogP) is 4.66. The highest BCUT2D eigenvalue weighted by atomic mass is 16.6. The Morgan fingerprint density at radius 2 is 1.70 bits per heavy atom. The standard InChI is InChI=1S/C22H23N3O8/c1-22(2,3)33-20(26)17-16(12-8-6-7-9-13(12)23-17)24-21(27)32-14-10-11-15(30-4)19(31-5)18(14)25(28)29/h6-11,23H,1-5H3,(H,24,27). The summed E-state index contributed by atoms with van der Waals surface area (Å²) in [6, 6.07) is 9.47. The van der Waals surface area contributed by atoms with E-state index in [1.165, 1.54) is 26.4 Å². The molecule has 0 spiro atoms. The average Bonchev–Trinajstić information content (AvgIpc) is 3.10. The molecule has 0 fully saturated rings. The van der Waals surface area contributed by atoms with Gasteiger partial charge >= 0.3 is 17.7 Å². The number of carbonyl (C=O) groups excluding carboxylic acids is 2. The first-order valence-electron chi connectivity index (χ1n) is 9.78. The molecule has 3 aromatic rings. The van der Waals surface area contributed by atoms with Crippen molar-refractivity contribution < 1.29 is 33.5 Å². The lowest BCUT2D eigenvalue weighted by atomic mass is 10.2. The van der Waals surface area contributed by atoms with Crippen molar-refractivity contribution >= 4 is 34.3 Å². The van der Waals surface area contributed by atoms with Gasteiger partial charge in [0.2, 0.25) is 11.5 Å². The van der Waals surface area contributed by atoms with Crippen LogP contribution in [0.1, 0.15) is 31.3 Å². The highest BCUT2D eigenvalue weighted by Gasteiger charge is 2.29. The Balaban J connectivity index is 1.97. The molecule has 0 aliphatic heterocycles. The highest BCUT2D eigenvalue weighted by molar-refractivity contribution is 6.10. The first kappa shape index (κ1) is 23.4. The number of amides is 1. The van der Waals surface area contributed by atoms with E-state index in [1.54, 1.807) is 45.0 Å². The van der Waals surface area contributed by atoms with E-state index in [-0.39, 0.29) is 28.6 Å². The lowest BCUT2D eigenvalue weighted by Gasteiger charge is -2.19. The van der Waals surface area contributed by atoms with Gasteiger partial charge in [-0.1, -0.05) is 18.2 Å². The third kappa shape index (κ3) is 4.97. The maximum Gasteiger partial charge on any atom is 0.417 e. The zero-order valence-corrected chi connectivity index (χ0v) is 18.7. The van der Waals surface area contributed by atoms with Crippen LogP contribution in [-0.4, -0.2) is 41.8 Å². The van der Waals surface area contributed by atoms with Crippen molar-refractivity contribution in [3.8, 4) is 17.2 Å². The van der Waals surface area contributed by atoms with Gasteiger partial charge in [-0.15, -0.1) is 0 Å². The zero-order chi connectivity index (χ0) is 24.3. The number of carbonyl (C=O) groups is 2. The van der Waals surface area contributed by atoms with Crippen LogP contribution in [-0.2, 0) is 4.74 Å². The molecule has 1 heterocycles. The Morgan fingerprint density at radius 3 is 2.30 bits per heavy atom. The SMILES string of the molecule is COc1ccc(OC(=O)Nc2c(C(=O)OC(C)(C)C)[nH]c3ccccc23)c([N+](=O)[O-])c1OC. The second-order valence-electron chi connectivity index (χ2n) is 7.84. The molecule has 0 aliphatic rings. The van der Waals surface area contributed by atoms with Gasteiger partial charge in [0.25, 0.3) is 0 Å². The van der Waals surface area contributed by atoms with Crippen molar-refractivity contribution in [3.63, 3.8) is 0 Å². The number of aromatic amines is 1. The summed E-state index contributed by atoms with van der Waals surface area (Å²) in [5.74, 6) is -1.16. The number of hydrogen-bond donors (Lipinski definition) is 2. The molecule has 0 radical (unpaired) electrons. The third-order valence-corrected chi connectivity index (χ3v) is 4.40. The van der Waals surface area contributed by atoms with Crippen LogP contribution in [0.3, 0.4) is 0 Å². The zero-order valence-electron chi connectivity index (χ0n) is 18.7. The largest absolute Gasteiger partial charge is 0.493 e. The van der Waals surface area contributed by atoms with Gasteiger partial charge in [-0.25, -0.2) is 9.59 Å². The molecule has 3 rings (SSSR count). The number of hydrogen-bond acceptors (Lipinski definition) is 8. The van der Waals surface area contributed by atoms with Crippen LogP contribution >= 0.6 is 0 Å². The highest BCUT2D eigenvalue weighted by Crippen LogP contribution is 2.43. The number of para-hydroxylation sites is 1. The summed E-state index contributed by atoms with van der Waals surface area (Å²) in [6.07, 6.45) is -1.06. The number of esters is 1. The normalized spacial score (nSPS) is 11.1. The van der Waals surface area contributed by atoms with Crippen molar-refractivity contribution in [1.82, 2.24) is 4.98 Å². The van der Waals surface area contributed by atoms with E-state index in [2.05, 4.69) is 10.3 Å². The lowest BCUT2D eigenvalue weighted by Crippen LogP contribution is -2.25. The second kappa shape index (κ2) is 9.07. The molecule has 0 saturated heterocycles. The molecule has 1 aromatic heterocycles. The number of benzene rings is 2. The monoisotopic (exact) mass is 457 g/mol. The van der Waals surface area contributed by atoms with Gasteiger partial charge in [0.1, 0.15) is 11.3 Å². The Hall–Kier alpha value is -4.28. The molecular weight excluding hydrogens is 434 g/mol. The van der Waals surface area contributed by atoms with Crippen molar-refractivity contribution in [2.75, 3.05) is 19.5 Å². The van der Waals surface area contributed by atoms with Crippen molar-refractivity contribution in [3.05, 3.63) is 52.2 Å². The Morgan fingerprint density at radius 1 is 1.03 bits per heavy atom. The number of H-pyrrole nitrogens is 1. The van der Waals surface area contributed by atoms with E-state index in [0.29, 0.717) is 10.9 Å². The molecule has 0 aliphatic carbocycles. The molecule has 11 nitrogen and oxygen atoms in total. The molecule has 33 heavy (non-hydrogen) atoms.